The molecular formula is C19H22BrN. The molecule has 0 heterocycles. The highest BCUT2D eigenvalue weighted by Crippen LogP contribution is 2.27. The molecule has 0 radical (unpaired) electrons. The summed E-state index contributed by atoms with van der Waals surface area (Å²) >= 11 is 3.57. The van der Waals surface area contributed by atoms with E-state index < -0.39 is 0 Å². The lowest BCUT2D eigenvalue weighted by molar-refractivity contribution is 0.549. The third-order valence-electron chi connectivity index (χ3n) is 4.30. The number of fused-ring (bicyclic) bond motifs is 1. The van der Waals surface area contributed by atoms with Crippen molar-refractivity contribution < 1.29 is 0 Å². The van der Waals surface area contributed by atoms with Crippen molar-refractivity contribution in [1.29, 1.82) is 0 Å². The Morgan fingerprint density at radius 3 is 2.76 bits per heavy atom. The average molecular weight is 344 g/mol. The molecule has 0 bridgehead atoms. The second-order valence-electron chi connectivity index (χ2n) is 5.83. The molecule has 110 valence electrons. The molecular weight excluding hydrogens is 322 g/mol. The van der Waals surface area contributed by atoms with Gasteiger partial charge in [-0.15, -0.1) is 0 Å². The van der Waals surface area contributed by atoms with E-state index in [2.05, 4.69) is 70.6 Å². The van der Waals surface area contributed by atoms with Crippen LogP contribution in [0.25, 0.3) is 0 Å². The lowest BCUT2D eigenvalue weighted by Crippen LogP contribution is -2.23. The highest BCUT2D eigenvalue weighted by molar-refractivity contribution is 9.10. The Kier molecular flexibility index (Phi) is 4.77. The van der Waals surface area contributed by atoms with Gasteiger partial charge in [0.15, 0.2) is 0 Å². The largest absolute Gasteiger partial charge is 0.310 e. The van der Waals surface area contributed by atoms with Gasteiger partial charge in [-0.2, -0.15) is 0 Å². The van der Waals surface area contributed by atoms with Crippen molar-refractivity contribution in [3.8, 4) is 0 Å². The highest BCUT2D eigenvalue weighted by Gasteiger charge is 2.16. The molecule has 2 aromatic rings. The summed E-state index contributed by atoms with van der Waals surface area (Å²) in [6.45, 7) is 3.18. The van der Waals surface area contributed by atoms with E-state index in [4.69, 9.17) is 0 Å². The molecule has 0 spiro atoms. The minimum Gasteiger partial charge on any atom is -0.310 e. The molecule has 1 nitrogen and oxygen atoms in total. The molecule has 21 heavy (non-hydrogen) atoms. The number of halogens is 1. The van der Waals surface area contributed by atoms with E-state index >= 15 is 0 Å². The number of likely N-dealkylation sites (N-methyl/N-ethyl adjacent to an activating group) is 1. The zero-order valence-electron chi connectivity index (χ0n) is 12.5. The van der Waals surface area contributed by atoms with Gasteiger partial charge in [-0.1, -0.05) is 53.2 Å². The molecule has 1 atom stereocenters. The minimum atomic E-state index is 0.398. The van der Waals surface area contributed by atoms with E-state index in [1.165, 1.54) is 30.4 Å². The molecule has 1 aliphatic rings. The molecule has 0 aromatic heterocycles. The first-order chi connectivity index (χ1) is 10.3. The van der Waals surface area contributed by atoms with Crippen LogP contribution in [0.4, 0.5) is 0 Å². The van der Waals surface area contributed by atoms with Crippen molar-refractivity contribution in [2.75, 3.05) is 6.54 Å². The Hall–Kier alpha value is -1.12. The molecule has 3 rings (SSSR count). The maximum absolute atomic E-state index is 3.64. The van der Waals surface area contributed by atoms with E-state index in [9.17, 15) is 0 Å². The Morgan fingerprint density at radius 2 is 1.95 bits per heavy atom. The molecule has 0 saturated heterocycles. The first-order valence-corrected chi connectivity index (χ1v) is 8.65. The van der Waals surface area contributed by atoms with Gasteiger partial charge in [-0.05, 0) is 66.6 Å². The van der Waals surface area contributed by atoms with Gasteiger partial charge in [-0.3, -0.25) is 0 Å². The fraction of sp³-hybridized carbons (Fsp3) is 0.368. The van der Waals surface area contributed by atoms with Crippen LogP contribution in [0, 0.1) is 0 Å². The van der Waals surface area contributed by atoms with Gasteiger partial charge in [0.1, 0.15) is 0 Å². The summed E-state index contributed by atoms with van der Waals surface area (Å²) in [5, 5.41) is 3.64. The van der Waals surface area contributed by atoms with Gasteiger partial charge in [0.2, 0.25) is 0 Å². The number of rotatable bonds is 5. The van der Waals surface area contributed by atoms with Crippen molar-refractivity contribution in [1.82, 2.24) is 5.32 Å². The topological polar surface area (TPSA) is 12.0 Å². The van der Waals surface area contributed by atoms with Crippen molar-refractivity contribution in [3.63, 3.8) is 0 Å². The monoisotopic (exact) mass is 343 g/mol. The zero-order valence-corrected chi connectivity index (χ0v) is 14.1. The molecule has 2 heteroatoms. The predicted molar refractivity (Wildman–Crippen MR) is 92.7 cm³/mol. The summed E-state index contributed by atoms with van der Waals surface area (Å²) in [6, 6.07) is 16.1. The maximum atomic E-state index is 3.64. The summed E-state index contributed by atoms with van der Waals surface area (Å²) in [5.74, 6) is 0. The van der Waals surface area contributed by atoms with Crippen LogP contribution >= 0.6 is 15.9 Å². The van der Waals surface area contributed by atoms with Crippen LogP contribution in [-0.4, -0.2) is 6.54 Å². The average Bonchev–Trinajstić information content (AvgIpc) is 2.94. The van der Waals surface area contributed by atoms with Gasteiger partial charge < -0.3 is 5.32 Å². The standard InChI is InChI=1S/C19H22BrN/c1-2-21-19(12-14-5-3-8-18(20)11-14)17-10-9-15-6-4-7-16(15)13-17/h3,5,8-11,13,19,21H,2,4,6-7,12H2,1H3. The van der Waals surface area contributed by atoms with Crippen LogP contribution in [0.15, 0.2) is 46.9 Å². The summed E-state index contributed by atoms with van der Waals surface area (Å²) < 4.78 is 1.16. The van der Waals surface area contributed by atoms with Gasteiger partial charge >= 0.3 is 0 Å². The van der Waals surface area contributed by atoms with Crippen molar-refractivity contribution in [2.45, 2.75) is 38.6 Å². The summed E-state index contributed by atoms with van der Waals surface area (Å²) in [7, 11) is 0. The number of aryl methyl sites for hydroxylation is 2. The Morgan fingerprint density at radius 1 is 1.10 bits per heavy atom. The van der Waals surface area contributed by atoms with E-state index in [0.29, 0.717) is 6.04 Å². The normalized spacial score (nSPS) is 15.0. The van der Waals surface area contributed by atoms with Crippen LogP contribution in [0.1, 0.15) is 41.6 Å². The zero-order chi connectivity index (χ0) is 14.7. The van der Waals surface area contributed by atoms with Gasteiger partial charge in [0.25, 0.3) is 0 Å². The number of hydrogen-bond donors (Lipinski definition) is 1. The summed E-state index contributed by atoms with van der Waals surface area (Å²) in [5.41, 5.74) is 5.91. The second-order valence-corrected chi connectivity index (χ2v) is 6.74. The molecule has 0 aliphatic heterocycles. The molecule has 1 aliphatic carbocycles. The Labute approximate surface area is 135 Å². The van der Waals surface area contributed by atoms with E-state index in [1.54, 1.807) is 11.1 Å². The quantitative estimate of drug-likeness (QED) is 0.819. The number of nitrogens with one attached hydrogen (secondary N) is 1. The van der Waals surface area contributed by atoms with Crippen LogP contribution in [0.3, 0.4) is 0 Å². The van der Waals surface area contributed by atoms with E-state index in [0.717, 1.165) is 17.4 Å². The molecule has 0 fully saturated rings. The van der Waals surface area contributed by atoms with Crippen molar-refractivity contribution in [2.24, 2.45) is 0 Å². The van der Waals surface area contributed by atoms with E-state index in [-0.39, 0.29) is 0 Å². The van der Waals surface area contributed by atoms with Gasteiger partial charge in [0, 0.05) is 10.5 Å². The predicted octanol–water partition coefficient (Wildman–Crippen LogP) is 4.83. The highest BCUT2D eigenvalue weighted by atomic mass is 79.9. The lowest BCUT2D eigenvalue weighted by atomic mass is 9.96. The van der Waals surface area contributed by atoms with Gasteiger partial charge in [0.05, 0.1) is 0 Å². The number of benzene rings is 2. The molecule has 1 unspecified atom stereocenters. The minimum absolute atomic E-state index is 0.398. The number of hydrogen-bond acceptors (Lipinski definition) is 1. The fourth-order valence-electron chi connectivity index (χ4n) is 3.26. The van der Waals surface area contributed by atoms with Crippen LogP contribution in [-0.2, 0) is 19.3 Å². The molecule has 0 amide bonds. The Bertz CT molecular complexity index is 621. The first kappa shape index (κ1) is 14.8. The van der Waals surface area contributed by atoms with Crippen LogP contribution < -0.4 is 5.32 Å². The third-order valence-corrected chi connectivity index (χ3v) is 4.80. The van der Waals surface area contributed by atoms with E-state index in [1.807, 2.05) is 0 Å². The molecule has 2 aromatic carbocycles. The summed E-state index contributed by atoms with van der Waals surface area (Å²) in [4.78, 5) is 0. The SMILES string of the molecule is CCNC(Cc1cccc(Br)c1)c1ccc2c(c1)CCC2. The second kappa shape index (κ2) is 6.76. The first-order valence-electron chi connectivity index (χ1n) is 7.86. The fourth-order valence-corrected chi connectivity index (χ4v) is 3.71. The Balaban J connectivity index is 1.84. The lowest BCUT2D eigenvalue weighted by Gasteiger charge is -2.20. The smallest absolute Gasteiger partial charge is 0.0360 e. The van der Waals surface area contributed by atoms with Crippen molar-refractivity contribution in [3.05, 3.63) is 69.2 Å². The van der Waals surface area contributed by atoms with Crippen molar-refractivity contribution >= 4 is 15.9 Å². The maximum Gasteiger partial charge on any atom is 0.0360 e. The molecule has 0 saturated carbocycles. The van der Waals surface area contributed by atoms with Crippen LogP contribution in [0.5, 0.6) is 0 Å². The van der Waals surface area contributed by atoms with Gasteiger partial charge in [-0.25, -0.2) is 0 Å². The van der Waals surface area contributed by atoms with Crippen LogP contribution in [0.2, 0.25) is 0 Å². The third kappa shape index (κ3) is 3.56. The summed E-state index contributed by atoms with van der Waals surface area (Å²) in [6.07, 6.45) is 4.86. The molecule has 1 N–H and O–H groups in total.